The van der Waals surface area contributed by atoms with Crippen LogP contribution in [0.5, 0.6) is 0 Å². The van der Waals surface area contributed by atoms with Gasteiger partial charge in [0.2, 0.25) is 0 Å². The average molecular weight is 388 g/mol. The van der Waals surface area contributed by atoms with Crippen LogP contribution < -0.4 is 5.32 Å². The van der Waals surface area contributed by atoms with Crippen LogP contribution in [-0.4, -0.2) is 37.3 Å². The summed E-state index contributed by atoms with van der Waals surface area (Å²) in [6.45, 7) is 0.762. The van der Waals surface area contributed by atoms with E-state index in [1.165, 1.54) is 0 Å². The summed E-state index contributed by atoms with van der Waals surface area (Å²) in [7, 11) is 0. The van der Waals surface area contributed by atoms with E-state index in [1.807, 2.05) is 0 Å². The Kier molecular flexibility index (Phi) is 8.36. The van der Waals surface area contributed by atoms with E-state index in [-0.39, 0.29) is 37.9 Å². The molecule has 1 saturated heterocycles. The van der Waals surface area contributed by atoms with Gasteiger partial charge in [-0.3, -0.25) is 4.90 Å². The third-order valence-electron chi connectivity index (χ3n) is 3.18. The highest BCUT2D eigenvalue weighted by molar-refractivity contribution is 6.30. The van der Waals surface area contributed by atoms with Gasteiger partial charge in [-0.2, -0.15) is 13.2 Å². The summed E-state index contributed by atoms with van der Waals surface area (Å²) >= 11 is 5.48. The van der Waals surface area contributed by atoms with Gasteiger partial charge in [-0.15, -0.1) is 24.8 Å². The van der Waals surface area contributed by atoms with Gasteiger partial charge in [0.25, 0.3) is 0 Å². The molecule has 1 aromatic carbocycles. The monoisotopic (exact) mass is 386 g/mol. The Bertz CT molecular complexity index is 492. The molecule has 128 valence electrons. The highest BCUT2D eigenvalue weighted by Gasteiger charge is 2.47. The quantitative estimate of drug-likeness (QED) is 0.610. The molecule has 0 amide bonds. The van der Waals surface area contributed by atoms with Crippen LogP contribution in [0.2, 0.25) is 5.02 Å². The Balaban J connectivity index is 0.00000220. The van der Waals surface area contributed by atoms with Gasteiger partial charge in [-0.05, 0) is 12.1 Å². The zero-order chi connectivity index (χ0) is 14.9. The molecule has 1 fully saturated rings. The molecule has 1 aliphatic heterocycles. The number of nitrogens with zero attached hydrogens (tertiary/aromatic N) is 1. The van der Waals surface area contributed by atoms with Crippen molar-refractivity contribution in [1.82, 2.24) is 10.2 Å². The van der Waals surface area contributed by atoms with Gasteiger partial charge < -0.3 is 5.32 Å². The van der Waals surface area contributed by atoms with Gasteiger partial charge in [-0.25, -0.2) is 8.78 Å². The van der Waals surface area contributed by atoms with Crippen molar-refractivity contribution in [3.63, 3.8) is 0 Å². The summed E-state index contributed by atoms with van der Waals surface area (Å²) in [6.07, 6.45) is -4.79. The smallest absolute Gasteiger partial charge is 0.314 e. The number of nitrogens with one attached hydrogen (secondary N) is 1. The molecule has 0 unspecified atom stereocenters. The molecule has 0 aromatic heterocycles. The minimum Gasteiger partial charge on any atom is -0.314 e. The van der Waals surface area contributed by atoms with Crippen molar-refractivity contribution < 1.29 is 22.0 Å². The second-order valence-corrected chi connectivity index (χ2v) is 4.89. The molecule has 0 radical (unpaired) electrons. The number of piperazine rings is 1. The predicted molar refractivity (Wildman–Crippen MR) is 79.1 cm³/mol. The van der Waals surface area contributed by atoms with E-state index in [4.69, 9.17) is 11.6 Å². The van der Waals surface area contributed by atoms with Crippen LogP contribution in [0.25, 0.3) is 0 Å². The Morgan fingerprint density at radius 2 is 1.64 bits per heavy atom. The molecule has 0 saturated carbocycles. The van der Waals surface area contributed by atoms with E-state index in [0.29, 0.717) is 13.1 Å². The van der Waals surface area contributed by atoms with Crippen molar-refractivity contribution in [2.45, 2.75) is 12.2 Å². The third kappa shape index (κ3) is 4.58. The second kappa shape index (κ2) is 8.49. The van der Waals surface area contributed by atoms with Crippen molar-refractivity contribution in [2.75, 3.05) is 26.2 Å². The number of benzene rings is 1. The summed E-state index contributed by atoms with van der Waals surface area (Å²) in [5.41, 5.74) is -1.04. The molecule has 10 heteroatoms. The van der Waals surface area contributed by atoms with Crippen LogP contribution >= 0.6 is 36.4 Å². The van der Waals surface area contributed by atoms with E-state index < -0.39 is 34.4 Å². The van der Waals surface area contributed by atoms with Crippen molar-refractivity contribution in [1.29, 1.82) is 0 Å². The molecule has 0 bridgehead atoms. The highest BCUT2D eigenvalue weighted by Crippen LogP contribution is 2.41. The first kappa shape index (κ1) is 21.7. The molecule has 1 aliphatic rings. The first-order chi connectivity index (χ1) is 9.32. The lowest BCUT2D eigenvalue weighted by Gasteiger charge is -2.36. The van der Waals surface area contributed by atoms with Crippen LogP contribution in [0.15, 0.2) is 12.1 Å². The van der Waals surface area contributed by atoms with Crippen molar-refractivity contribution >= 4 is 36.4 Å². The van der Waals surface area contributed by atoms with E-state index in [1.54, 1.807) is 0 Å². The average Bonchev–Trinajstić information content (AvgIpc) is 2.39. The van der Waals surface area contributed by atoms with Gasteiger partial charge >= 0.3 is 6.18 Å². The van der Waals surface area contributed by atoms with Crippen LogP contribution in [0.3, 0.4) is 0 Å². The SMILES string of the molecule is Cl.Cl.Fc1ccc(Cl)c(F)c1[C@@H](N1CCNCC1)C(F)(F)F. The van der Waals surface area contributed by atoms with Gasteiger partial charge in [0.15, 0.2) is 0 Å². The minimum absolute atomic E-state index is 0. The number of hydrogen-bond acceptors (Lipinski definition) is 2. The van der Waals surface area contributed by atoms with Crippen LogP contribution in [-0.2, 0) is 0 Å². The Labute approximate surface area is 141 Å². The normalized spacial score (nSPS) is 17.4. The van der Waals surface area contributed by atoms with Gasteiger partial charge in [0.1, 0.15) is 17.7 Å². The molecule has 1 aromatic rings. The number of rotatable bonds is 2. The van der Waals surface area contributed by atoms with E-state index in [0.717, 1.165) is 17.0 Å². The van der Waals surface area contributed by atoms with Crippen LogP contribution in [0.1, 0.15) is 11.6 Å². The Morgan fingerprint density at radius 3 is 2.14 bits per heavy atom. The predicted octanol–water partition coefficient (Wildman–Crippen LogP) is 3.97. The summed E-state index contributed by atoms with van der Waals surface area (Å²) in [6, 6.07) is -0.675. The van der Waals surface area contributed by atoms with Gasteiger partial charge in [-0.1, -0.05) is 11.6 Å². The first-order valence-corrected chi connectivity index (χ1v) is 6.35. The third-order valence-corrected chi connectivity index (χ3v) is 3.47. The molecule has 1 N–H and O–H groups in total. The van der Waals surface area contributed by atoms with Crippen molar-refractivity contribution in [3.05, 3.63) is 34.4 Å². The van der Waals surface area contributed by atoms with Crippen LogP contribution in [0.4, 0.5) is 22.0 Å². The molecular weight excluding hydrogens is 373 g/mol. The maximum absolute atomic E-state index is 13.9. The summed E-state index contributed by atoms with van der Waals surface area (Å²) in [5, 5.41) is 2.37. The standard InChI is InChI=1S/C12H12ClF5N2.2ClH/c13-7-1-2-8(14)9(10(7)15)11(12(16,17)18)20-5-3-19-4-6-20;;/h1-2,11,19H,3-6H2;2*1H/t11-;;/m1../s1. The van der Waals surface area contributed by atoms with Crippen LogP contribution in [0, 0.1) is 11.6 Å². The molecule has 0 aliphatic carbocycles. The maximum atomic E-state index is 13.9. The number of halogens is 8. The lowest BCUT2D eigenvalue weighted by Crippen LogP contribution is -2.49. The Morgan fingerprint density at radius 1 is 1.09 bits per heavy atom. The zero-order valence-corrected chi connectivity index (χ0v) is 13.5. The molecule has 2 nitrogen and oxygen atoms in total. The number of hydrogen-bond donors (Lipinski definition) is 1. The molecular formula is C12H14Cl3F5N2. The molecule has 0 spiro atoms. The summed E-state index contributed by atoms with van der Waals surface area (Å²) < 4.78 is 67.3. The van der Waals surface area contributed by atoms with E-state index >= 15 is 0 Å². The first-order valence-electron chi connectivity index (χ1n) is 5.97. The lowest BCUT2D eigenvalue weighted by atomic mass is 10.0. The molecule has 1 heterocycles. The molecule has 1 atom stereocenters. The van der Waals surface area contributed by atoms with Gasteiger partial charge in [0.05, 0.1) is 10.6 Å². The zero-order valence-electron chi connectivity index (χ0n) is 11.1. The van der Waals surface area contributed by atoms with Crippen molar-refractivity contribution in [3.8, 4) is 0 Å². The van der Waals surface area contributed by atoms with E-state index in [9.17, 15) is 22.0 Å². The van der Waals surface area contributed by atoms with Crippen molar-refractivity contribution in [2.24, 2.45) is 0 Å². The topological polar surface area (TPSA) is 15.3 Å². The van der Waals surface area contributed by atoms with Gasteiger partial charge in [0, 0.05) is 26.2 Å². The fraction of sp³-hybridized carbons (Fsp3) is 0.500. The molecule has 2 rings (SSSR count). The summed E-state index contributed by atoms with van der Waals surface area (Å²) in [5.74, 6) is -2.60. The largest absolute Gasteiger partial charge is 0.408 e. The molecule has 22 heavy (non-hydrogen) atoms. The fourth-order valence-electron chi connectivity index (χ4n) is 2.29. The summed E-state index contributed by atoms with van der Waals surface area (Å²) in [4.78, 5) is 1.01. The Hall–Kier alpha value is -0.340. The fourth-order valence-corrected chi connectivity index (χ4v) is 2.45. The lowest BCUT2D eigenvalue weighted by molar-refractivity contribution is -0.189. The van der Waals surface area contributed by atoms with E-state index in [2.05, 4.69) is 5.32 Å². The number of alkyl halides is 3. The second-order valence-electron chi connectivity index (χ2n) is 4.49. The highest BCUT2D eigenvalue weighted by atomic mass is 35.5. The minimum atomic E-state index is -4.79. The maximum Gasteiger partial charge on any atom is 0.408 e.